The average molecular weight is 514 g/mol. The van der Waals surface area contributed by atoms with Crippen molar-refractivity contribution >= 4 is 34.2 Å². The molecule has 0 saturated carbocycles. The molecule has 0 spiro atoms. The first-order valence-corrected chi connectivity index (χ1v) is 13.6. The maximum Gasteiger partial charge on any atom is 0.252 e. The summed E-state index contributed by atoms with van der Waals surface area (Å²) >= 11 is 0. The minimum atomic E-state index is -0.870. The van der Waals surface area contributed by atoms with Gasteiger partial charge in [-0.3, -0.25) is 19.4 Å². The van der Waals surface area contributed by atoms with Gasteiger partial charge in [-0.15, -0.1) is 0 Å². The van der Waals surface area contributed by atoms with Crippen LogP contribution in [0, 0.1) is 5.92 Å². The number of pyridine rings is 1. The normalized spacial score (nSPS) is 17.1. The van der Waals surface area contributed by atoms with Crippen molar-refractivity contribution < 1.29 is 14.4 Å². The summed E-state index contributed by atoms with van der Waals surface area (Å²) in [5.41, 5.74) is 1.17. The summed E-state index contributed by atoms with van der Waals surface area (Å²) in [4.78, 5) is 48.6. The number of anilines is 1. The van der Waals surface area contributed by atoms with Crippen LogP contribution < -0.4 is 15.5 Å². The molecule has 2 aliphatic rings. The van der Waals surface area contributed by atoms with E-state index in [1.165, 1.54) is 0 Å². The van der Waals surface area contributed by atoms with E-state index in [-0.39, 0.29) is 30.2 Å². The Morgan fingerprint density at radius 1 is 0.947 bits per heavy atom. The number of fused-ring (bicyclic) bond motifs is 1. The molecule has 0 bridgehead atoms. The minimum absolute atomic E-state index is 0.0194. The summed E-state index contributed by atoms with van der Waals surface area (Å²) in [5.74, 6) is -0.619. The van der Waals surface area contributed by atoms with Crippen molar-refractivity contribution in [1.29, 1.82) is 0 Å². The van der Waals surface area contributed by atoms with E-state index in [0.29, 0.717) is 24.3 Å². The number of rotatable bonds is 7. The Balaban J connectivity index is 1.43. The van der Waals surface area contributed by atoms with Gasteiger partial charge in [0.1, 0.15) is 6.04 Å². The van der Waals surface area contributed by atoms with Gasteiger partial charge >= 0.3 is 0 Å². The second kappa shape index (κ2) is 12.2. The summed E-state index contributed by atoms with van der Waals surface area (Å²) in [6.07, 6.45) is 7.76. The Kier molecular flexibility index (Phi) is 8.28. The summed E-state index contributed by atoms with van der Waals surface area (Å²) in [6, 6.07) is 16.1. The molecule has 3 amide bonds. The van der Waals surface area contributed by atoms with E-state index >= 15 is 0 Å². The van der Waals surface area contributed by atoms with Gasteiger partial charge in [-0.05, 0) is 80.2 Å². The monoisotopic (exact) mass is 513 g/mol. The molecular formula is C30H35N5O3. The number of hydrogen-bond acceptors (Lipinski definition) is 5. The average Bonchev–Trinajstić information content (AvgIpc) is 2.99. The molecule has 1 unspecified atom stereocenters. The van der Waals surface area contributed by atoms with E-state index in [2.05, 4.69) is 15.6 Å². The molecule has 2 aliphatic heterocycles. The zero-order chi connectivity index (χ0) is 26.3. The third-order valence-electron chi connectivity index (χ3n) is 7.58. The molecule has 5 rings (SSSR count). The first kappa shape index (κ1) is 25.9. The van der Waals surface area contributed by atoms with Crippen LogP contribution in [0.25, 0.3) is 10.8 Å². The molecule has 1 aromatic heterocycles. The van der Waals surface area contributed by atoms with Crippen LogP contribution in [0.5, 0.6) is 0 Å². The van der Waals surface area contributed by atoms with Crippen molar-refractivity contribution in [3.8, 4) is 0 Å². The Morgan fingerprint density at radius 2 is 1.66 bits per heavy atom. The molecule has 8 nitrogen and oxygen atoms in total. The second-order valence-electron chi connectivity index (χ2n) is 10.2. The largest absolute Gasteiger partial charge is 0.341 e. The van der Waals surface area contributed by atoms with Crippen molar-refractivity contribution in [3.63, 3.8) is 0 Å². The fourth-order valence-corrected chi connectivity index (χ4v) is 5.41. The predicted octanol–water partition coefficient (Wildman–Crippen LogP) is 3.38. The van der Waals surface area contributed by atoms with Crippen LogP contribution in [-0.2, 0) is 9.59 Å². The van der Waals surface area contributed by atoms with Crippen LogP contribution in [0.3, 0.4) is 0 Å². The topological polar surface area (TPSA) is 94.6 Å². The Labute approximate surface area is 223 Å². The minimum Gasteiger partial charge on any atom is -0.341 e. The summed E-state index contributed by atoms with van der Waals surface area (Å²) < 4.78 is 0. The van der Waals surface area contributed by atoms with Crippen LogP contribution in [-0.4, -0.2) is 66.4 Å². The van der Waals surface area contributed by atoms with Gasteiger partial charge in [-0.25, -0.2) is 0 Å². The Bertz CT molecular complexity index is 1270. The third-order valence-corrected chi connectivity index (χ3v) is 7.58. The van der Waals surface area contributed by atoms with Crippen molar-refractivity contribution in [2.45, 2.75) is 38.1 Å². The zero-order valence-electron chi connectivity index (χ0n) is 21.6. The lowest BCUT2D eigenvalue weighted by Crippen LogP contribution is -2.56. The van der Waals surface area contributed by atoms with E-state index in [1.54, 1.807) is 35.5 Å². The highest BCUT2D eigenvalue weighted by Crippen LogP contribution is 2.22. The number of carbonyl (C=O) groups excluding carboxylic acids is 3. The lowest BCUT2D eigenvalue weighted by Gasteiger charge is -2.35. The van der Waals surface area contributed by atoms with Gasteiger partial charge in [0.2, 0.25) is 11.8 Å². The molecule has 1 atom stereocenters. The Hall–Kier alpha value is -3.78. The summed E-state index contributed by atoms with van der Waals surface area (Å²) in [7, 11) is 0. The number of nitrogens with zero attached hydrogens (tertiary/aromatic N) is 3. The Morgan fingerprint density at radius 3 is 2.39 bits per heavy atom. The summed E-state index contributed by atoms with van der Waals surface area (Å²) in [6.45, 7) is 2.98. The highest BCUT2D eigenvalue weighted by Gasteiger charge is 2.34. The van der Waals surface area contributed by atoms with Crippen LogP contribution in [0.2, 0.25) is 0 Å². The number of hydrogen-bond donors (Lipinski definition) is 2. The molecule has 0 aliphatic carbocycles. The van der Waals surface area contributed by atoms with Gasteiger partial charge in [0.15, 0.2) is 0 Å². The fraction of sp³-hybridized carbons (Fsp3) is 0.400. The molecule has 2 saturated heterocycles. The molecule has 0 radical (unpaired) electrons. The fourth-order valence-electron chi connectivity index (χ4n) is 5.41. The molecule has 3 heterocycles. The highest BCUT2D eigenvalue weighted by molar-refractivity contribution is 6.02. The van der Waals surface area contributed by atoms with Gasteiger partial charge in [-0.2, -0.15) is 0 Å². The number of carbonyl (C=O) groups is 3. The maximum absolute atomic E-state index is 13.8. The molecule has 38 heavy (non-hydrogen) atoms. The molecule has 8 heteroatoms. The smallest absolute Gasteiger partial charge is 0.252 e. The van der Waals surface area contributed by atoms with Crippen LogP contribution in [0.1, 0.15) is 42.5 Å². The number of amides is 3. The van der Waals surface area contributed by atoms with Crippen molar-refractivity contribution in [1.82, 2.24) is 20.5 Å². The second-order valence-corrected chi connectivity index (χ2v) is 10.2. The van der Waals surface area contributed by atoms with Crippen molar-refractivity contribution in [2.75, 3.05) is 37.6 Å². The quantitative estimate of drug-likeness (QED) is 0.505. The standard InChI is InChI=1S/C30H35N5O3/c36-28(25-9-8-22-6-2-3-7-24(22)20-25)33-27(30(38)34-18-4-1-5-19-34)21-35(26-12-16-32-17-13-26)29(37)23-10-14-31-15-11-23/h2-3,6-9,12-13,16-17,20,23,27,31H,1,4-5,10-11,14-15,18-19,21H2,(H,33,36). The molecular weight excluding hydrogens is 478 g/mol. The lowest BCUT2D eigenvalue weighted by atomic mass is 9.96. The predicted molar refractivity (Wildman–Crippen MR) is 148 cm³/mol. The highest BCUT2D eigenvalue weighted by atomic mass is 16.2. The first-order chi connectivity index (χ1) is 18.6. The molecule has 3 aromatic rings. The number of benzene rings is 2. The van der Waals surface area contributed by atoms with Crippen molar-refractivity contribution in [2.24, 2.45) is 5.92 Å². The van der Waals surface area contributed by atoms with E-state index in [1.807, 2.05) is 41.3 Å². The van der Waals surface area contributed by atoms with Crippen LogP contribution in [0.4, 0.5) is 5.69 Å². The van der Waals surface area contributed by atoms with Crippen LogP contribution in [0.15, 0.2) is 67.0 Å². The third kappa shape index (κ3) is 6.02. The number of nitrogens with one attached hydrogen (secondary N) is 2. The molecule has 2 aromatic carbocycles. The number of likely N-dealkylation sites (tertiary alicyclic amines) is 1. The van der Waals surface area contributed by atoms with Gasteiger partial charge in [-0.1, -0.05) is 30.3 Å². The molecule has 2 fully saturated rings. The van der Waals surface area contributed by atoms with Gasteiger partial charge in [0, 0.05) is 42.7 Å². The molecule has 198 valence electrons. The van der Waals surface area contributed by atoms with Gasteiger partial charge < -0.3 is 20.4 Å². The van der Waals surface area contributed by atoms with Crippen LogP contribution >= 0.6 is 0 Å². The number of aromatic nitrogens is 1. The van der Waals surface area contributed by atoms with E-state index in [4.69, 9.17) is 0 Å². The molecule has 2 N–H and O–H groups in total. The van der Waals surface area contributed by atoms with Gasteiger partial charge in [0.25, 0.3) is 5.91 Å². The van der Waals surface area contributed by atoms with E-state index < -0.39 is 6.04 Å². The van der Waals surface area contributed by atoms with E-state index in [9.17, 15) is 14.4 Å². The SMILES string of the molecule is O=C(NC(CN(C(=O)C1CCNCC1)c1ccncc1)C(=O)N1CCCCC1)c1ccc2ccccc2c1. The maximum atomic E-state index is 13.8. The first-order valence-electron chi connectivity index (χ1n) is 13.6. The zero-order valence-corrected chi connectivity index (χ0v) is 21.6. The lowest BCUT2D eigenvalue weighted by molar-refractivity contribution is -0.134. The van der Waals surface area contributed by atoms with Gasteiger partial charge in [0.05, 0.1) is 6.54 Å². The van der Waals surface area contributed by atoms with Crippen molar-refractivity contribution in [3.05, 3.63) is 72.6 Å². The number of piperidine rings is 2. The van der Waals surface area contributed by atoms with E-state index in [0.717, 1.165) is 56.0 Å². The summed E-state index contributed by atoms with van der Waals surface area (Å²) in [5, 5.41) is 8.31.